The van der Waals surface area contributed by atoms with E-state index in [0.717, 1.165) is 24.4 Å². The van der Waals surface area contributed by atoms with Crippen molar-refractivity contribution in [3.8, 4) is 5.75 Å². The van der Waals surface area contributed by atoms with E-state index in [0.29, 0.717) is 12.6 Å². The van der Waals surface area contributed by atoms with Crippen LogP contribution < -0.4 is 4.74 Å². The minimum Gasteiger partial charge on any atom is -0.496 e. The number of ether oxygens (including phenoxy) is 1. The quantitative estimate of drug-likeness (QED) is 0.626. The Hall–Kier alpha value is -2.73. The van der Waals surface area contributed by atoms with Crippen LogP contribution in [0.2, 0.25) is 0 Å². The van der Waals surface area contributed by atoms with E-state index >= 15 is 0 Å². The summed E-state index contributed by atoms with van der Waals surface area (Å²) in [5.74, 6) is 0.884. The fraction of sp³-hybridized carbons (Fsp3) is 0.350. The van der Waals surface area contributed by atoms with Crippen LogP contribution in [0.5, 0.6) is 5.75 Å². The second-order valence-electron chi connectivity index (χ2n) is 6.74. The van der Waals surface area contributed by atoms with E-state index in [4.69, 9.17) is 4.74 Å². The van der Waals surface area contributed by atoms with Gasteiger partial charge in [0.2, 0.25) is 0 Å². The first-order valence-corrected chi connectivity index (χ1v) is 8.93. The highest BCUT2D eigenvalue weighted by Gasteiger charge is 2.29. The first-order valence-electron chi connectivity index (χ1n) is 8.93. The van der Waals surface area contributed by atoms with Gasteiger partial charge >= 0.3 is 0 Å². The summed E-state index contributed by atoms with van der Waals surface area (Å²) in [7, 11) is 1.71. The van der Waals surface area contributed by atoms with Crippen molar-refractivity contribution in [3.05, 3.63) is 72.1 Å². The minimum absolute atomic E-state index is 0.656. The van der Waals surface area contributed by atoms with Crippen LogP contribution in [0, 0.1) is 0 Å². The maximum absolute atomic E-state index is 5.53. The Morgan fingerprint density at radius 1 is 1.15 bits per heavy atom. The van der Waals surface area contributed by atoms with Gasteiger partial charge in [-0.1, -0.05) is 12.1 Å². The molecule has 6 nitrogen and oxygen atoms in total. The van der Waals surface area contributed by atoms with E-state index < -0.39 is 0 Å². The molecule has 0 amide bonds. The number of nitrogens with zero attached hydrogens (tertiary/aromatic N) is 5. The highest BCUT2D eigenvalue weighted by Crippen LogP contribution is 2.30. The normalized spacial score (nSPS) is 13.9. The van der Waals surface area contributed by atoms with Crippen LogP contribution in [0.1, 0.15) is 29.5 Å². The fourth-order valence-corrected chi connectivity index (χ4v) is 3.26. The molecule has 3 aromatic rings. The third-order valence-electron chi connectivity index (χ3n) is 4.70. The molecule has 26 heavy (non-hydrogen) atoms. The summed E-state index contributed by atoms with van der Waals surface area (Å²) in [6, 6.07) is 11.3. The zero-order valence-electron chi connectivity index (χ0n) is 15.0. The Balaban J connectivity index is 1.52. The molecule has 2 aromatic heterocycles. The van der Waals surface area contributed by atoms with E-state index in [9.17, 15) is 0 Å². The molecule has 1 fully saturated rings. The van der Waals surface area contributed by atoms with Crippen molar-refractivity contribution in [2.75, 3.05) is 7.11 Å². The van der Waals surface area contributed by atoms with E-state index in [2.05, 4.69) is 44.2 Å². The summed E-state index contributed by atoms with van der Waals surface area (Å²) in [5, 5.41) is 4.20. The van der Waals surface area contributed by atoms with Gasteiger partial charge in [0.15, 0.2) is 0 Å². The van der Waals surface area contributed by atoms with Crippen LogP contribution in [0.4, 0.5) is 0 Å². The molecular formula is C20H23N5O. The third-order valence-corrected chi connectivity index (χ3v) is 4.70. The molecular weight excluding hydrogens is 326 g/mol. The van der Waals surface area contributed by atoms with Crippen molar-refractivity contribution in [2.45, 2.75) is 38.5 Å². The molecule has 0 radical (unpaired) electrons. The third kappa shape index (κ3) is 4.08. The molecule has 1 aliphatic carbocycles. The van der Waals surface area contributed by atoms with E-state index in [-0.39, 0.29) is 0 Å². The fourth-order valence-electron chi connectivity index (χ4n) is 3.26. The number of aromatic nitrogens is 4. The maximum Gasteiger partial charge on any atom is 0.137 e. The summed E-state index contributed by atoms with van der Waals surface area (Å²) in [6.45, 7) is 2.51. The van der Waals surface area contributed by atoms with Gasteiger partial charge in [0.1, 0.15) is 18.4 Å². The smallest absolute Gasteiger partial charge is 0.137 e. The number of pyridine rings is 1. The first kappa shape index (κ1) is 16.7. The second-order valence-corrected chi connectivity index (χ2v) is 6.74. The minimum atomic E-state index is 0.656. The molecule has 0 bridgehead atoms. The average molecular weight is 349 g/mol. The standard InChI is InChI=1S/C20H23N5O/c1-26-20-7-4-16(9-18(20)13-25-15-22-14-23-25)11-24(19-5-6-19)12-17-3-2-8-21-10-17/h2-4,7-10,14-15,19H,5-6,11-13H2,1H3. The van der Waals surface area contributed by atoms with Gasteiger partial charge in [0, 0.05) is 37.1 Å². The lowest BCUT2D eigenvalue weighted by Gasteiger charge is -2.22. The van der Waals surface area contributed by atoms with Crippen molar-refractivity contribution in [2.24, 2.45) is 0 Å². The summed E-state index contributed by atoms with van der Waals surface area (Å²) in [4.78, 5) is 10.8. The lowest BCUT2D eigenvalue weighted by Crippen LogP contribution is -2.25. The van der Waals surface area contributed by atoms with Gasteiger partial charge in [0.25, 0.3) is 0 Å². The van der Waals surface area contributed by atoms with Gasteiger partial charge in [-0.3, -0.25) is 9.88 Å². The van der Waals surface area contributed by atoms with Gasteiger partial charge < -0.3 is 4.74 Å². The van der Waals surface area contributed by atoms with Gasteiger partial charge in [0.05, 0.1) is 13.7 Å². The van der Waals surface area contributed by atoms with Gasteiger partial charge in [-0.25, -0.2) is 9.67 Å². The maximum atomic E-state index is 5.53. The summed E-state index contributed by atoms with van der Waals surface area (Å²) in [6.07, 6.45) is 9.62. The van der Waals surface area contributed by atoms with Crippen LogP contribution >= 0.6 is 0 Å². The molecule has 0 aliphatic heterocycles. The van der Waals surface area contributed by atoms with Crippen LogP contribution in [-0.4, -0.2) is 37.8 Å². The Kier molecular flexibility index (Phi) is 4.93. The predicted octanol–water partition coefficient (Wildman–Crippen LogP) is 2.89. The zero-order chi connectivity index (χ0) is 17.8. The van der Waals surface area contributed by atoms with Crippen LogP contribution in [0.25, 0.3) is 0 Å². The monoisotopic (exact) mass is 349 g/mol. The van der Waals surface area contributed by atoms with Crippen molar-refractivity contribution in [3.63, 3.8) is 0 Å². The van der Waals surface area contributed by atoms with Crippen LogP contribution in [0.3, 0.4) is 0 Å². The molecule has 134 valence electrons. The van der Waals surface area contributed by atoms with Crippen molar-refractivity contribution in [1.82, 2.24) is 24.6 Å². The number of hydrogen-bond acceptors (Lipinski definition) is 5. The number of benzene rings is 1. The van der Waals surface area contributed by atoms with Gasteiger partial charge in [-0.05, 0) is 42.2 Å². The molecule has 1 saturated carbocycles. The molecule has 0 saturated heterocycles. The average Bonchev–Trinajstić information content (AvgIpc) is 3.40. The van der Waals surface area contributed by atoms with Crippen LogP contribution in [-0.2, 0) is 19.6 Å². The molecule has 0 spiro atoms. The van der Waals surface area contributed by atoms with E-state index in [1.165, 1.54) is 24.0 Å². The lowest BCUT2D eigenvalue weighted by molar-refractivity contribution is 0.245. The van der Waals surface area contributed by atoms with E-state index in [1.54, 1.807) is 19.8 Å². The molecule has 0 N–H and O–H groups in total. The van der Waals surface area contributed by atoms with Gasteiger partial charge in [-0.15, -0.1) is 0 Å². The number of methoxy groups -OCH3 is 1. The predicted molar refractivity (Wildman–Crippen MR) is 98.6 cm³/mol. The molecule has 1 aliphatic rings. The Morgan fingerprint density at radius 3 is 2.73 bits per heavy atom. The van der Waals surface area contributed by atoms with E-state index in [1.807, 2.05) is 23.1 Å². The highest BCUT2D eigenvalue weighted by molar-refractivity contribution is 5.37. The summed E-state index contributed by atoms with van der Waals surface area (Å²) >= 11 is 0. The molecule has 4 rings (SSSR count). The Labute approximate surface area is 153 Å². The Morgan fingerprint density at radius 2 is 2.04 bits per heavy atom. The largest absolute Gasteiger partial charge is 0.496 e. The second kappa shape index (κ2) is 7.66. The number of rotatable bonds is 8. The summed E-state index contributed by atoms with van der Waals surface area (Å²) < 4.78 is 7.34. The molecule has 2 heterocycles. The highest BCUT2D eigenvalue weighted by atomic mass is 16.5. The lowest BCUT2D eigenvalue weighted by atomic mass is 10.1. The Bertz CT molecular complexity index is 831. The molecule has 1 aromatic carbocycles. The van der Waals surface area contributed by atoms with Crippen molar-refractivity contribution < 1.29 is 4.74 Å². The summed E-state index contributed by atoms with van der Waals surface area (Å²) in [5.41, 5.74) is 3.67. The topological polar surface area (TPSA) is 56.1 Å². The van der Waals surface area contributed by atoms with Crippen molar-refractivity contribution in [1.29, 1.82) is 0 Å². The first-order chi connectivity index (χ1) is 12.8. The SMILES string of the molecule is COc1ccc(CN(Cc2cccnc2)C2CC2)cc1Cn1cncn1. The molecule has 0 atom stereocenters. The zero-order valence-corrected chi connectivity index (χ0v) is 15.0. The van der Waals surface area contributed by atoms with Crippen LogP contribution in [0.15, 0.2) is 55.4 Å². The molecule has 0 unspecified atom stereocenters. The van der Waals surface area contributed by atoms with Gasteiger partial charge in [-0.2, -0.15) is 5.10 Å². The number of hydrogen-bond donors (Lipinski definition) is 0. The van der Waals surface area contributed by atoms with Crippen molar-refractivity contribution >= 4 is 0 Å². The molecule has 6 heteroatoms.